The van der Waals surface area contributed by atoms with Crippen molar-refractivity contribution in [2.45, 2.75) is 24.8 Å². The summed E-state index contributed by atoms with van der Waals surface area (Å²) in [5, 5.41) is 7.22. The Balaban J connectivity index is 1.54. The third-order valence-corrected chi connectivity index (χ3v) is 5.71. The van der Waals surface area contributed by atoms with Gasteiger partial charge < -0.3 is 10.1 Å². The molecule has 1 fully saturated rings. The molecule has 4 nitrogen and oxygen atoms in total. The van der Waals surface area contributed by atoms with Gasteiger partial charge in [-0.25, -0.2) is 0 Å². The molecule has 3 rings (SSSR count). The second-order valence-corrected chi connectivity index (χ2v) is 8.14. The van der Waals surface area contributed by atoms with E-state index in [1.165, 1.54) is 5.56 Å². The highest BCUT2D eigenvalue weighted by atomic mass is 79.9. The van der Waals surface area contributed by atoms with Crippen LogP contribution in [0.1, 0.15) is 24.0 Å². The van der Waals surface area contributed by atoms with Crippen molar-refractivity contribution in [1.82, 2.24) is 10.6 Å². The Hall–Kier alpha value is -1.40. The smallest absolute Gasteiger partial charge is 0.233 e. The van der Waals surface area contributed by atoms with Crippen molar-refractivity contribution in [3.05, 3.63) is 69.2 Å². The molecule has 2 aromatic carbocycles. The van der Waals surface area contributed by atoms with Crippen molar-refractivity contribution in [1.29, 1.82) is 0 Å². The average molecular weight is 452 g/mol. The van der Waals surface area contributed by atoms with E-state index < -0.39 is 0 Å². The SMILES string of the molecule is O=C(CNC1(c2cccc(Br)c2)CCOCC1)NCCc1ccc(Cl)cc1. The lowest BCUT2D eigenvalue weighted by Gasteiger charge is -2.38. The molecule has 6 heteroatoms. The number of benzene rings is 2. The highest BCUT2D eigenvalue weighted by molar-refractivity contribution is 9.10. The lowest BCUT2D eigenvalue weighted by Crippen LogP contribution is -2.50. The van der Waals surface area contributed by atoms with E-state index in [0.29, 0.717) is 19.8 Å². The van der Waals surface area contributed by atoms with E-state index >= 15 is 0 Å². The Morgan fingerprint density at radius 1 is 1.15 bits per heavy atom. The van der Waals surface area contributed by atoms with Gasteiger partial charge in [-0.05, 0) is 54.7 Å². The molecule has 144 valence electrons. The van der Waals surface area contributed by atoms with Crippen LogP contribution < -0.4 is 10.6 Å². The van der Waals surface area contributed by atoms with Gasteiger partial charge in [0.2, 0.25) is 5.91 Å². The maximum absolute atomic E-state index is 12.3. The number of nitrogens with one attached hydrogen (secondary N) is 2. The summed E-state index contributed by atoms with van der Waals surface area (Å²) in [6.07, 6.45) is 2.48. The summed E-state index contributed by atoms with van der Waals surface area (Å²) in [5.41, 5.74) is 2.12. The highest BCUT2D eigenvalue weighted by Crippen LogP contribution is 2.33. The van der Waals surface area contributed by atoms with Crippen LogP contribution >= 0.6 is 27.5 Å². The first kappa shape index (κ1) is 20.3. The zero-order valence-electron chi connectivity index (χ0n) is 15.1. The molecule has 0 aliphatic carbocycles. The second kappa shape index (κ2) is 9.69. The lowest BCUT2D eigenvalue weighted by molar-refractivity contribution is -0.120. The number of ether oxygens (including phenoxy) is 1. The zero-order valence-corrected chi connectivity index (χ0v) is 17.5. The van der Waals surface area contributed by atoms with Crippen molar-refractivity contribution >= 4 is 33.4 Å². The van der Waals surface area contributed by atoms with Gasteiger partial charge >= 0.3 is 0 Å². The van der Waals surface area contributed by atoms with Gasteiger partial charge in [0, 0.05) is 34.8 Å². The molecule has 1 heterocycles. The number of amides is 1. The Morgan fingerprint density at radius 3 is 2.59 bits per heavy atom. The quantitative estimate of drug-likeness (QED) is 0.667. The maximum atomic E-state index is 12.3. The predicted molar refractivity (Wildman–Crippen MR) is 112 cm³/mol. The third-order valence-electron chi connectivity index (χ3n) is 4.96. The van der Waals surface area contributed by atoms with E-state index in [1.807, 2.05) is 36.4 Å². The van der Waals surface area contributed by atoms with Crippen molar-refractivity contribution in [3.63, 3.8) is 0 Å². The number of halogens is 2. The van der Waals surface area contributed by atoms with Crippen LogP contribution in [0.3, 0.4) is 0 Å². The molecular weight excluding hydrogens is 428 g/mol. The second-order valence-electron chi connectivity index (χ2n) is 6.78. The summed E-state index contributed by atoms with van der Waals surface area (Å²) >= 11 is 9.44. The standard InChI is InChI=1S/C21H24BrClN2O2/c22-18-3-1-2-17(14-18)21(9-12-27-13-10-21)25-15-20(26)24-11-8-16-4-6-19(23)7-5-16/h1-7,14,25H,8-13,15H2,(H,24,26). The van der Waals surface area contributed by atoms with Gasteiger partial charge in [-0.15, -0.1) is 0 Å². The van der Waals surface area contributed by atoms with E-state index in [2.05, 4.69) is 38.7 Å². The molecule has 2 aromatic rings. The van der Waals surface area contributed by atoms with Crippen LogP contribution in [0.5, 0.6) is 0 Å². The van der Waals surface area contributed by atoms with Crippen LogP contribution in [0.2, 0.25) is 5.02 Å². The number of rotatable bonds is 7. The lowest BCUT2D eigenvalue weighted by atomic mass is 9.82. The Bertz CT molecular complexity index is 761. The van der Waals surface area contributed by atoms with Crippen molar-refractivity contribution in [3.8, 4) is 0 Å². The fraction of sp³-hybridized carbons (Fsp3) is 0.381. The minimum absolute atomic E-state index is 0.00447. The number of carbonyl (C=O) groups excluding carboxylic acids is 1. The summed E-state index contributed by atoms with van der Waals surface area (Å²) < 4.78 is 6.59. The molecule has 0 aromatic heterocycles. The number of carbonyl (C=O) groups is 1. The molecule has 0 bridgehead atoms. The molecular formula is C21H24BrClN2O2. The van der Waals surface area contributed by atoms with Gasteiger partial charge in [0.15, 0.2) is 0 Å². The molecule has 0 saturated carbocycles. The molecule has 1 aliphatic rings. The first-order valence-electron chi connectivity index (χ1n) is 9.17. The van der Waals surface area contributed by atoms with Crippen molar-refractivity contribution in [2.75, 3.05) is 26.3 Å². The summed E-state index contributed by atoms with van der Waals surface area (Å²) in [6.45, 7) is 2.28. The van der Waals surface area contributed by atoms with Crippen LogP contribution in [0.25, 0.3) is 0 Å². The normalized spacial score (nSPS) is 16.1. The molecule has 2 N–H and O–H groups in total. The van der Waals surface area contributed by atoms with Gasteiger partial charge in [-0.2, -0.15) is 0 Å². The topological polar surface area (TPSA) is 50.4 Å². The molecule has 0 unspecified atom stereocenters. The van der Waals surface area contributed by atoms with E-state index in [4.69, 9.17) is 16.3 Å². The van der Waals surface area contributed by atoms with Crippen LogP contribution in [0, 0.1) is 0 Å². The summed E-state index contributed by atoms with van der Waals surface area (Å²) in [5.74, 6) is 0.00447. The Kier molecular flexibility index (Phi) is 7.30. The Morgan fingerprint density at radius 2 is 1.89 bits per heavy atom. The minimum Gasteiger partial charge on any atom is -0.381 e. The van der Waals surface area contributed by atoms with Crippen LogP contribution in [-0.4, -0.2) is 32.2 Å². The van der Waals surface area contributed by atoms with Gasteiger partial charge in [0.25, 0.3) is 0 Å². The first-order chi connectivity index (χ1) is 13.1. The fourth-order valence-corrected chi connectivity index (χ4v) is 3.91. The van der Waals surface area contributed by atoms with Crippen molar-refractivity contribution < 1.29 is 9.53 Å². The summed E-state index contributed by atoms with van der Waals surface area (Å²) in [7, 11) is 0. The van der Waals surface area contributed by atoms with Gasteiger partial charge in [-0.3, -0.25) is 10.1 Å². The zero-order chi connectivity index (χ0) is 19.1. The monoisotopic (exact) mass is 450 g/mol. The first-order valence-corrected chi connectivity index (χ1v) is 10.3. The van der Waals surface area contributed by atoms with Crippen LogP contribution in [0.4, 0.5) is 0 Å². The van der Waals surface area contributed by atoms with E-state index in [9.17, 15) is 4.79 Å². The van der Waals surface area contributed by atoms with E-state index in [1.54, 1.807) is 0 Å². The van der Waals surface area contributed by atoms with Gasteiger partial charge in [0.1, 0.15) is 0 Å². The molecule has 0 spiro atoms. The van der Waals surface area contributed by atoms with E-state index in [-0.39, 0.29) is 18.0 Å². The van der Waals surface area contributed by atoms with Crippen molar-refractivity contribution in [2.24, 2.45) is 0 Å². The number of hydrogen-bond donors (Lipinski definition) is 2. The van der Waals surface area contributed by atoms with Crippen LogP contribution in [-0.2, 0) is 21.5 Å². The van der Waals surface area contributed by atoms with Gasteiger partial charge in [0.05, 0.1) is 6.54 Å². The fourth-order valence-electron chi connectivity index (χ4n) is 3.38. The molecule has 0 atom stereocenters. The highest BCUT2D eigenvalue weighted by Gasteiger charge is 2.34. The van der Waals surface area contributed by atoms with Crippen LogP contribution in [0.15, 0.2) is 53.0 Å². The third kappa shape index (κ3) is 5.79. The maximum Gasteiger partial charge on any atom is 0.233 e. The van der Waals surface area contributed by atoms with E-state index in [0.717, 1.165) is 34.3 Å². The average Bonchev–Trinajstić information content (AvgIpc) is 2.69. The molecule has 1 amide bonds. The summed E-state index contributed by atoms with van der Waals surface area (Å²) in [4.78, 5) is 12.3. The largest absolute Gasteiger partial charge is 0.381 e. The van der Waals surface area contributed by atoms with Gasteiger partial charge in [-0.1, -0.05) is 51.8 Å². The summed E-state index contributed by atoms with van der Waals surface area (Å²) in [6, 6.07) is 16.0. The molecule has 1 saturated heterocycles. The molecule has 1 aliphatic heterocycles. The minimum atomic E-state index is -0.227. The molecule has 27 heavy (non-hydrogen) atoms. The Labute approximate surface area is 173 Å². The number of hydrogen-bond acceptors (Lipinski definition) is 3. The predicted octanol–water partition coefficient (Wildman–Crippen LogP) is 4.06. The molecule has 0 radical (unpaired) electrons.